The minimum Gasteiger partial charge on any atom is -0.382 e. The Kier molecular flexibility index (Phi) is 3.43. The van der Waals surface area contributed by atoms with E-state index in [-0.39, 0.29) is 0 Å². The normalized spacial score (nSPS) is 24.8. The minimum atomic E-state index is 0.324. The van der Waals surface area contributed by atoms with Gasteiger partial charge in [0.1, 0.15) is 0 Å². The van der Waals surface area contributed by atoms with E-state index in [0.717, 1.165) is 18.5 Å². The fourth-order valence-corrected chi connectivity index (χ4v) is 2.27. The first-order valence-corrected chi connectivity index (χ1v) is 5.80. The zero-order valence-electron chi connectivity index (χ0n) is 9.32. The van der Waals surface area contributed by atoms with Crippen molar-refractivity contribution in [3.63, 3.8) is 0 Å². The first kappa shape index (κ1) is 11.0. The predicted molar refractivity (Wildman–Crippen MR) is 65.0 cm³/mol. The molecule has 1 fully saturated rings. The molecule has 2 unspecified atom stereocenters. The number of nitrogens with zero attached hydrogens (tertiary/aromatic N) is 1. The number of hydrogen-bond acceptors (Lipinski definition) is 3. The van der Waals surface area contributed by atoms with Crippen molar-refractivity contribution in [1.29, 1.82) is 5.26 Å². The van der Waals surface area contributed by atoms with Crippen LogP contribution in [0.1, 0.15) is 31.2 Å². The zero-order chi connectivity index (χ0) is 11.4. The second-order valence-corrected chi connectivity index (χ2v) is 4.46. The first-order chi connectivity index (χ1) is 7.78. The Hall–Kier alpha value is -1.53. The highest BCUT2D eigenvalue weighted by Crippen LogP contribution is 2.21. The van der Waals surface area contributed by atoms with Gasteiger partial charge in [-0.3, -0.25) is 0 Å². The van der Waals surface area contributed by atoms with Gasteiger partial charge in [-0.25, -0.2) is 0 Å². The molecule has 1 aromatic carbocycles. The summed E-state index contributed by atoms with van der Waals surface area (Å²) in [6, 6.07) is 10.5. The van der Waals surface area contributed by atoms with Gasteiger partial charge in [-0.15, -0.1) is 0 Å². The van der Waals surface area contributed by atoms with Crippen molar-refractivity contribution in [3.8, 4) is 6.07 Å². The standard InChI is InChI=1S/C13H17N3/c14-9-10-3-1-5-12(7-10)16-13-6-2-4-11(15)8-13/h1,3,5,7,11,13,16H,2,4,6,8,15H2. The van der Waals surface area contributed by atoms with Crippen molar-refractivity contribution >= 4 is 5.69 Å². The summed E-state index contributed by atoms with van der Waals surface area (Å²) in [7, 11) is 0. The molecule has 0 heterocycles. The number of anilines is 1. The third kappa shape index (κ3) is 2.74. The molecule has 1 aromatic rings. The van der Waals surface area contributed by atoms with Crippen molar-refractivity contribution in [1.82, 2.24) is 0 Å². The number of benzene rings is 1. The number of rotatable bonds is 2. The molecule has 84 valence electrons. The highest BCUT2D eigenvalue weighted by atomic mass is 14.9. The lowest BCUT2D eigenvalue weighted by Gasteiger charge is -2.28. The molecule has 16 heavy (non-hydrogen) atoms. The summed E-state index contributed by atoms with van der Waals surface area (Å²) in [6.45, 7) is 0. The van der Waals surface area contributed by atoms with E-state index in [1.54, 1.807) is 0 Å². The van der Waals surface area contributed by atoms with Gasteiger partial charge >= 0.3 is 0 Å². The van der Waals surface area contributed by atoms with Crippen LogP contribution < -0.4 is 11.1 Å². The van der Waals surface area contributed by atoms with Crippen LogP contribution in [-0.2, 0) is 0 Å². The summed E-state index contributed by atoms with van der Waals surface area (Å²) >= 11 is 0. The van der Waals surface area contributed by atoms with Gasteiger partial charge in [0.25, 0.3) is 0 Å². The highest BCUT2D eigenvalue weighted by molar-refractivity contribution is 5.49. The van der Waals surface area contributed by atoms with Gasteiger partial charge in [0.15, 0.2) is 0 Å². The molecule has 0 saturated heterocycles. The van der Waals surface area contributed by atoms with Gasteiger partial charge in [0.2, 0.25) is 0 Å². The molecule has 1 aliphatic rings. The van der Waals surface area contributed by atoms with E-state index in [1.165, 1.54) is 12.8 Å². The second-order valence-electron chi connectivity index (χ2n) is 4.46. The monoisotopic (exact) mass is 215 g/mol. The van der Waals surface area contributed by atoms with Crippen LogP contribution in [0.25, 0.3) is 0 Å². The third-order valence-electron chi connectivity index (χ3n) is 3.08. The molecule has 3 nitrogen and oxygen atoms in total. The SMILES string of the molecule is N#Cc1cccc(NC2CCCC(N)C2)c1. The first-order valence-electron chi connectivity index (χ1n) is 5.80. The molecule has 2 atom stereocenters. The molecule has 3 heteroatoms. The Balaban J connectivity index is 2.00. The van der Waals surface area contributed by atoms with Gasteiger partial charge in [-0.1, -0.05) is 6.07 Å². The Morgan fingerprint density at radius 2 is 2.25 bits per heavy atom. The van der Waals surface area contributed by atoms with E-state index in [4.69, 9.17) is 11.0 Å². The van der Waals surface area contributed by atoms with Gasteiger partial charge < -0.3 is 11.1 Å². The largest absolute Gasteiger partial charge is 0.382 e. The molecule has 1 aliphatic carbocycles. The molecule has 0 bridgehead atoms. The predicted octanol–water partition coefficient (Wildman–Crippen LogP) is 2.24. The van der Waals surface area contributed by atoms with Crippen molar-refractivity contribution in [2.45, 2.75) is 37.8 Å². The molecular formula is C13H17N3. The number of nitrogens with one attached hydrogen (secondary N) is 1. The molecule has 2 rings (SSSR count). The molecular weight excluding hydrogens is 198 g/mol. The average molecular weight is 215 g/mol. The summed E-state index contributed by atoms with van der Waals surface area (Å²) in [4.78, 5) is 0. The third-order valence-corrected chi connectivity index (χ3v) is 3.08. The highest BCUT2D eigenvalue weighted by Gasteiger charge is 2.18. The smallest absolute Gasteiger partial charge is 0.0992 e. The molecule has 0 spiro atoms. The van der Waals surface area contributed by atoms with Crippen LogP contribution >= 0.6 is 0 Å². The Morgan fingerprint density at radius 1 is 1.38 bits per heavy atom. The van der Waals surface area contributed by atoms with Crippen molar-refractivity contribution < 1.29 is 0 Å². The maximum Gasteiger partial charge on any atom is 0.0992 e. The van der Waals surface area contributed by atoms with Crippen LogP contribution in [0.3, 0.4) is 0 Å². The molecule has 0 radical (unpaired) electrons. The van der Waals surface area contributed by atoms with Gasteiger partial charge in [-0.2, -0.15) is 5.26 Å². The lowest BCUT2D eigenvalue weighted by molar-refractivity contribution is 0.409. The summed E-state index contributed by atoms with van der Waals surface area (Å²) < 4.78 is 0. The van der Waals surface area contributed by atoms with E-state index in [9.17, 15) is 0 Å². The van der Waals surface area contributed by atoms with Crippen molar-refractivity contribution in [2.24, 2.45) is 5.73 Å². The van der Waals surface area contributed by atoms with Crippen molar-refractivity contribution in [2.75, 3.05) is 5.32 Å². The van der Waals surface area contributed by atoms with E-state index in [2.05, 4.69) is 11.4 Å². The Labute approximate surface area is 96.3 Å². The average Bonchev–Trinajstić information content (AvgIpc) is 2.29. The zero-order valence-corrected chi connectivity index (χ0v) is 9.32. The number of hydrogen-bond donors (Lipinski definition) is 2. The summed E-state index contributed by atoms with van der Waals surface area (Å²) in [5.74, 6) is 0. The van der Waals surface area contributed by atoms with Gasteiger partial charge in [0.05, 0.1) is 11.6 Å². The quantitative estimate of drug-likeness (QED) is 0.795. The minimum absolute atomic E-state index is 0.324. The topological polar surface area (TPSA) is 61.8 Å². The Morgan fingerprint density at radius 3 is 3.00 bits per heavy atom. The molecule has 0 aromatic heterocycles. The number of nitrogens with two attached hydrogens (primary N) is 1. The van der Waals surface area contributed by atoms with E-state index in [1.807, 2.05) is 24.3 Å². The molecule has 0 amide bonds. The molecule has 3 N–H and O–H groups in total. The molecule has 1 saturated carbocycles. The van der Waals surface area contributed by atoms with Gasteiger partial charge in [-0.05, 0) is 43.9 Å². The van der Waals surface area contributed by atoms with E-state index in [0.29, 0.717) is 17.6 Å². The second kappa shape index (κ2) is 5.00. The lowest BCUT2D eigenvalue weighted by atomic mass is 9.91. The van der Waals surface area contributed by atoms with E-state index < -0.39 is 0 Å². The van der Waals surface area contributed by atoms with Crippen LogP contribution in [0.4, 0.5) is 5.69 Å². The fourth-order valence-electron chi connectivity index (χ4n) is 2.27. The summed E-state index contributed by atoms with van der Waals surface area (Å²) in [6.07, 6.45) is 4.52. The fraction of sp³-hybridized carbons (Fsp3) is 0.462. The van der Waals surface area contributed by atoms with Crippen LogP contribution in [0.5, 0.6) is 0 Å². The maximum atomic E-state index is 8.81. The lowest BCUT2D eigenvalue weighted by Crippen LogP contribution is -2.34. The van der Waals surface area contributed by atoms with Crippen LogP contribution in [0.2, 0.25) is 0 Å². The number of nitriles is 1. The van der Waals surface area contributed by atoms with Gasteiger partial charge in [0, 0.05) is 17.8 Å². The van der Waals surface area contributed by atoms with Crippen LogP contribution in [0, 0.1) is 11.3 Å². The molecule has 0 aliphatic heterocycles. The van der Waals surface area contributed by atoms with Crippen LogP contribution in [-0.4, -0.2) is 12.1 Å². The maximum absolute atomic E-state index is 8.81. The van der Waals surface area contributed by atoms with Crippen LogP contribution in [0.15, 0.2) is 24.3 Å². The van der Waals surface area contributed by atoms with E-state index >= 15 is 0 Å². The summed E-state index contributed by atoms with van der Waals surface area (Å²) in [5.41, 5.74) is 7.67. The Bertz CT molecular complexity index is 394. The van der Waals surface area contributed by atoms with Crippen molar-refractivity contribution in [3.05, 3.63) is 29.8 Å². The summed E-state index contributed by atoms with van der Waals surface area (Å²) in [5, 5.41) is 12.3.